The summed E-state index contributed by atoms with van der Waals surface area (Å²) in [6, 6.07) is 20.1. The second-order valence-electron chi connectivity index (χ2n) is 5.38. The quantitative estimate of drug-likeness (QED) is 0.460. The molecule has 0 amide bonds. The fourth-order valence-electron chi connectivity index (χ4n) is 2.93. The minimum absolute atomic E-state index is 0.243. The van der Waals surface area contributed by atoms with Crippen molar-refractivity contribution in [3.63, 3.8) is 0 Å². The van der Waals surface area contributed by atoms with Crippen LogP contribution in [0.15, 0.2) is 66.9 Å². The van der Waals surface area contributed by atoms with Crippen LogP contribution in [-0.4, -0.2) is 4.98 Å². The Morgan fingerprint density at radius 3 is 2.61 bits per heavy atom. The molecule has 1 aromatic heterocycles. The molecule has 2 nitrogen and oxygen atoms in total. The fraction of sp³-hybridized carbons (Fsp3) is 0. The van der Waals surface area contributed by atoms with Gasteiger partial charge in [-0.05, 0) is 46.5 Å². The van der Waals surface area contributed by atoms with Crippen molar-refractivity contribution in [2.45, 2.75) is 0 Å². The van der Waals surface area contributed by atoms with Gasteiger partial charge in [-0.3, -0.25) is 4.98 Å². The Labute approximate surface area is 132 Å². The lowest BCUT2D eigenvalue weighted by Crippen LogP contribution is -1.88. The topological polar surface area (TPSA) is 36.7 Å². The number of fused-ring (bicyclic) bond motifs is 3. The van der Waals surface area contributed by atoms with Gasteiger partial charge in [-0.15, -0.1) is 0 Å². The molecule has 0 fully saturated rings. The molecular formula is C20H11FN2. The Morgan fingerprint density at radius 1 is 0.870 bits per heavy atom. The predicted octanol–water partition coefficient (Wildman–Crippen LogP) is 5.07. The normalized spacial score (nSPS) is 10.8. The Bertz CT molecular complexity index is 1090. The molecule has 4 rings (SSSR count). The number of rotatable bonds is 1. The number of benzene rings is 3. The Morgan fingerprint density at radius 2 is 1.74 bits per heavy atom. The molecule has 0 spiro atoms. The van der Waals surface area contributed by atoms with Crippen molar-refractivity contribution in [2.24, 2.45) is 0 Å². The summed E-state index contributed by atoms with van der Waals surface area (Å²) >= 11 is 0. The molecule has 0 atom stereocenters. The monoisotopic (exact) mass is 298 g/mol. The average Bonchev–Trinajstić information content (AvgIpc) is 2.60. The summed E-state index contributed by atoms with van der Waals surface area (Å²) in [5.41, 5.74) is 2.33. The summed E-state index contributed by atoms with van der Waals surface area (Å²) in [4.78, 5) is 4.49. The second kappa shape index (κ2) is 5.19. The number of halogens is 1. The van der Waals surface area contributed by atoms with Crippen LogP contribution in [0.2, 0.25) is 0 Å². The largest absolute Gasteiger partial charge is 0.256 e. The van der Waals surface area contributed by atoms with Crippen molar-refractivity contribution >= 4 is 21.5 Å². The van der Waals surface area contributed by atoms with Gasteiger partial charge in [-0.2, -0.15) is 5.26 Å². The van der Waals surface area contributed by atoms with Crippen LogP contribution in [0.1, 0.15) is 5.56 Å². The maximum atomic E-state index is 13.4. The van der Waals surface area contributed by atoms with Gasteiger partial charge in [-0.25, -0.2) is 4.39 Å². The smallest absolute Gasteiger partial charge is 0.123 e. The average molecular weight is 298 g/mol. The van der Waals surface area contributed by atoms with E-state index in [0.29, 0.717) is 5.56 Å². The molecular weight excluding hydrogens is 287 g/mol. The first-order valence-electron chi connectivity index (χ1n) is 7.24. The van der Waals surface area contributed by atoms with Crippen LogP contribution in [-0.2, 0) is 0 Å². The second-order valence-corrected chi connectivity index (χ2v) is 5.38. The molecule has 1 heterocycles. The van der Waals surface area contributed by atoms with Crippen LogP contribution >= 0.6 is 0 Å². The minimum Gasteiger partial charge on any atom is -0.256 e. The molecule has 0 aliphatic heterocycles. The first-order chi connectivity index (χ1) is 11.3. The summed E-state index contributed by atoms with van der Waals surface area (Å²) in [5, 5.41) is 12.9. The molecule has 0 aliphatic rings. The molecule has 3 heteroatoms. The Kier molecular flexibility index (Phi) is 3.03. The minimum atomic E-state index is -0.243. The highest BCUT2D eigenvalue weighted by Gasteiger charge is 2.09. The highest BCUT2D eigenvalue weighted by atomic mass is 19.1. The Hall–Kier alpha value is -3.25. The van der Waals surface area contributed by atoms with E-state index in [-0.39, 0.29) is 5.82 Å². The van der Waals surface area contributed by atoms with E-state index in [1.54, 1.807) is 18.3 Å². The van der Waals surface area contributed by atoms with Crippen molar-refractivity contribution in [1.29, 1.82) is 5.26 Å². The van der Waals surface area contributed by atoms with Crippen LogP contribution < -0.4 is 0 Å². The molecule has 108 valence electrons. The van der Waals surface area contributed by atoms with E-state index in [1.807, 2.05) is 36.4 Å². The standard InChI is InChI=1S/C20H11FN2/c21-16-5-7-17-14(11-16)4-6-19-18(17)8-9-23-20(19)15-3-1-2-13(10-15)12-22/h1-11H. The summed E-state index contributed by atoms with van der Waals surface area (Å²) in [6.45, 7) is 0. The van der Waals surface area contributed by atoms with Crippen molar-refractivity contribution in [1.82, 2.24) is 4.98 Å². The van der Waals surface area contributed by atoms with Crippen LogP contribution in [0.25, 0.3) is 32.8 Å². The number of hydrogen-bond acceptors (Lipinski definition) is 2. The molecule has 0 saturated heterocycles. The van der Waals surface area contributed by atoms with Gasteiger partial charge < -0.3 is 0 Å². The maximum absolute atomic E-state index is 13.4. The van der Waals surface area contributed by atoms with E-state index < -0.39 is 0 Å². The van der Waals surface area contributed by atoms with Gasteiger partial charge in [0.2, 0.25) is 0 Å². The molecule has 0 radical (unpaired) electrons. The molecule has 4 aromatic rings. The summed E-state index contributed by atoms with van der Waals surface area (Å²) < 4.78 is 13.4. The lowest BCUT2D eigenvalue weighted by Gasteiger charge is -2.09. The predicted molar refractivity (Wildman–Crippen MR) is 89.4 cm³/mol. The van der Waals surface area contributed by atoms with E-state index in [9.17, 15) is 4.39 Å². The molecule has 0 bridgehead atoms. The third-order valence-corrected chi connectivity index (χ3v) is 3.99. The number of aromatic nitrogens is 1. The zero-order valence-corrected chi connectivity index (χ0v) is 12.1. The van der Waals surface area contributed by atoms with Crippen LogP contribution in [0.4, 0.5) is 4.39 Å². The highest BCUT2D eigenvalue weighted by molar-refractivity contribution is 6.11. The fourth-order valence-corrected chi connectivity index (χ4v) is 2.93. The Balaban J connectivity index is 2.05. The van der Waals surface area contributed by atoms with Gasteiger partial charge in [0, 0.05) is 17.1 Å². The molecule has 0 aliphatic carbocycles. The lowest BCUT2D eigenvalue weighted by atomic mass is 9.98. The van der Waals surface area contributed by atoms with E-state index in [0.717, 1.165) is 32.8 Å². The number of nitrogens with zero attached hydrogens (tertiary/aromatic N) is 2. The van der Waals surface area contributed by atoms with E-state index in [4.69, 9.17) is 5.26 Å². The van der Waals surface area contributed by atoms with E-state index in [1.165, 1.54) is 12.1 Å². The first kappa shape index (κ1) is 13.4. The zero-order chi connectivity index (χ0) is 15.8. The molecule has 3 aromatic carbocycles. The number of hydrogen-bond donors (Lipinski definition) is 0. The number of pyridine rings is 1. The summed E-state index contributed by atoms with van der Waals surface area (Å²) in [7, 11) is 0. The summed E-state index contributed by atoms with van der Waals surface area (Å²) in [5.74, 6) is -0.243. The van der Waals surface area contributed by atoms with Crippen molar-refractivity contribution in [3.05, 3.63) is 78.2 Å². The molecule has 0 N–H and O–H groups in total. The van der Waals surface area contributed by atoms with Gasteiger partial charge in [0.25, 0.3) is 0 Å². The maximum Gasteiger partial charge on any atom is 0.123 e. The van der Waals surface area contributed by atoms with E-state index >= 15 is 0 Å². The van der Waals surface area contributed by atoms with Gasteiger partial charge in [0.05, 0.1) is 17.3 Å². The highest BCUT2D eigenvalue weighted by Crippen LogP contribution is 2.32. The lowest BCUT2D eigenvalue weighted by molar-refractivity contribution is 0.630. The van der Waals surface area contributed by atoms with Gasteiger partial charge >= 0.3 is 0 Å². The van der Waals surface area contributed by atoms with Crippen LogP contribution in [0.3, 0.4) is 0 Å². The van der Waals surface area contributed by atoms with Crippen LogP contribution in [0.5, 0.6) is 0 Å². The third kappa shape index (κ3) is 2.21. The van der Waals surface area contributed by atoms with Gasteiger partial charge in [-0.1, -0.05) is 30.3 Å². The summed E-state index contributed by atoms with van der Waals surface area (Å²) in [6.07, 6.45) is 1.75. The van der Waals surface area contributed by atoms with Crippen molar-refractivity contribution < 1.29 is 4.39 Å². The SMILES string of the molecule is N#Cc1cccc(-c2nccc3c2ccc2cc(F)ccc23)c1. The van der Waals surface area contributed by atoms with E-state index in [2.05, 4.69) is 11.1 Å². The third-order valence-electron chi connectivity index (χ3n) is 3.99. The van der Waals surface area contributed by atoms with Crippen molar-refractivity contribution in [2.75, 3.05) is 0 Å². The first-order valence-corrected chi connectivity index (χ1v) is 7.24. The molecule has 23 heavy (non-hydrogen) atoms. The van der Waals surface area contributed by atoms with Crippen LogP contribution in [0, 0.1) is 17.1 Å². The zero-order valence-electron chi connectivity index (χ0n) is 12.1. The van der Waals surface area contributed by atoms with Crippen molar-refractivity contribution in [3.8, 4) is 17.3 Å². The molecule has 0 unspecified atom stereocenters. The van der Waals surface area contributed by atoms with Gasteiger partial charge in [0.15, 0.2) is 0 Å². The molecule has 0 saturated carbocycles. The van der Waals surface area contributed by atoms with Gasteiger partial charge in [0.1, 0.15) is 5.82 Å². The number of nitriles is 1.